The van der Waals surface area contributed by atoms with Crippen molar-refractivity contribution in [2.75, 3.05) is 13.2 Å². The van der Waals surface area contributed by atoms with Gasteiger partial charge in [-0.1, -0.05) is 125 Å². The maximum absolute atomic E-state index is 16.0. The summed E-state index contributed by atoms with van der Waals surface area (Å²) in [7, 11) is 0. The highest BCUT2D eigenvalue weighted by atomic mass is 32.1. The van der Waals surface area contributed by atoms with Crippen LogP contribution in [-0.2, 0) is 0 Å². The zero-order valence-electron chi connectivity index (χ0n) is 25.7. The standard InChI is InChI=1S/C35H34F6O2S2/c1-31(2,3)19-42-29-23(17-25(44-29)21-13-9-7-10-14-21)27-28(34(38,39)35(40,41)33(27,36)37)24-18-26(22-15-11-8-12-16-22)45-30(24)43-20-32(4,5)6/h7-18H,19-20H2,1-6H3. The van der Waals surface area contributed by atoms with Crippen molar-refractivity contribution in [1.29, 1.82) is 0 Å². The van der Waals surface area contributed by atoms with Crippen molar-refractivity contribution in [3.8, 4) is 31.0 Å². The van der Waals surface area contributed by atoms with Gasteiger partial charge >= 0.3 is 17.8 Å². The van der Waals surface area contributed by atoms with E-state index < -0.39 is 50.9 Å². The SMILES string of the molecule is CC(C)(C)COc1sc(-c2ccccc2)cc1C1=C(c2cc(-c3ccccc3)sc2OCC(C)(C)C)C(F)(F)C(F)(F)C1(F)F. The minimum Gasteiger partial charge on any atom is -0.483 e. The van der Waals surface area contributed by atoms with Crippen LogP contribution < -0.4 is 9.47 Å². The molecule has 2 aromatic heterocycles. The zero-order valence-corrected chi connectivity index (χ0v) is 27.4. The van der Waals surface area contributed by atoms with E-state index in [4.69, 9.17) is 9.47 Å². The van der Waals surface area contributed by atoms with Gasteiger partial charge in [0.2, 0.25) is 0 Å². The fourth-order valence-electron chi connectivity index (χ4n) is 4.80. The summed E-state index contributed by atoms with van der Waals surface area (Å²) < 4.78 is 107. The van der Waals surface area contributed by atoms with E-state index in [0.717, 1.165) is 22.7 Å². The van der Waals surface area contributed by atoms with Gasteiger partial charge in [-0.2, -0.15) is 26.3 Å². The summed E-state index contributed by atoms with van der Waals surface area (Å²) in [5, 5.41) is -0.278. The number of alkyl halides is 6. The summed E-state index contributed by atoms with van der Waals surface area (Å²) >= 11 is 1.90. The number of ether oxygens (including phenoxy) is 2. The third-order valence-corrected chi connectivity index (χ3v) is 9.18. The Kier molecular flexibility index (Phi) is 8.49. The minimum absolute atomic E-state index is 0.0340. The maximum Gasteiger partial charge on any atom is 0.380 e. The van der Waals surface area contributed by atoms with Gasteiger partial charge in [-0.25, -0.2) is 0 Å². The highest BCUT2D eigenvalue weighted by Crippen LogP contribution is 2.67. The van der Waals surface area contributed by atoms with Crippen molar-refractivity contribution in [3.63, 3.8) is 0 Å². The van der Waals surface area contributed by atoms with Gasteiger partial charge in [0, 0.05) is 32.0 Å². The van der Waals surface area contributed by atoms with E-state index in [-0.39, 0.29) is 23.3 Å². The van der Waals surface area contributed by atoms with Crippen LogP contribution in [0.4, 0.5) is 26.3 Å². The van der Waals surface area contributed by atoms with Crippen molar-refractivity contribution in [3.05, 3.63) is 83.9 Å². The van der Waals surface area contributed by atoms with E-state index in [1.807, 2.05) is 41.5 Å². The van der Waals surface area contributed by atoms with Crippen LogP contribution in [0.15, 0.2) is 72.8 Å². The van der Waals surface area contributed by atoms with E-state index in [1.165, 1.54) is 12.1 Å². The molecule has 10 heteroatoms. The van der Waals surface area contributed by atoms with E-state index in [2.05, 4.69) is 0 Å². The first-order valence-electron chi connectivity index (χ1n) is 14.4. The van der Waals surface area contributed by atoms with Crippen molar-refractivity contribution < 1.29 is 35.8 Å². The molecule has 0 saturated carbocycles. The largest absolute Gasteiger partial charge is 0.483 e. The predicted octanol–water partition coefficient (Wildman–Crippen LogP) is 11.8. The van der Waals surface area contributed by atoms with Gasteiger partial charge in [0.15, 0.2) is 10.1 Å². The predicted molar refractivity (Wildman–Crippen MR) is 171 cm³/mol. The summed E-state index contributed by atoms with van der Waals surface area (Å²) in [6, 6.07) is 19.8. The van der Waals surface area contributed by atoms with Crippen LogP contribution in [0.3, 0.4) is 0 Å². The fraction of sp³-hybridized carbons (Fsp3) is 0.371. The molecule has 0 atom stereocenters. The van der Waals surface area contributed by atoms with Crippen molar-refractivity contribution in [1.82, 2.24) is 0 Å². The molecule has 0 bridgehead atoms. The summed E-state index contributed by atoms with van der Waals surface area (Å²) in [6.45, 7) is 11.2. The molecule has 0 fully saturated rings. The topological polar surface area (TPSA) is 18.5 Å². The number of hydrogen-bond donors (Lipinski definition) is 0. The second kappa shape index (κ2) is 11.5. The van der Waals surface area contributed by atoms with Gasteiger partial charge in [-0.15, -0.1) is 0 Å². The first-order chi connectivity index (χ1) is 20.8. The Morgan fingerprint density at radius 1 is 0.556 bits per heavy atom. The fourth-order valence-corrected chi connectivity index (χ4v) is 6.84. The van der Waals surface area contributed by atoms with Crippen molar-refractivity contribution in [2.45, 2.75) is 59.3 Å². The summed E-state index contributed by atoms with van der Waals surface area (Å²) in [5.74, 6) is -16.2. The van der Waals surface area contributed by atoms with Crippen LogP contribution >= 0.6 is 22.7 Å². The maximum atomic E-state index is 16.0. The first kappa shape index (κ1) is 33.1. The number of halogens is 6. The average molecular weight is 665 g/mol. The molecule has 0 unspecified atom stereocenters. The second-order valence-corrected chi connectivity index (χ2v) is 15.6. The molecule has 1 aliphatic rings. The Morgan fingerprint density at radius 2 is 0.889 bits per heavy atom. The average Bonchev–Trinajstić information content (AvgIpc) is 3.60. The molecule has 0 N–H and O–H groups in total. The van der Waals surface area contributed by atoms with Crippen molar-refractivity contribution in [2.24, 2.45) is 10.8 Å². The molecule has 2 nitrogen and oxygen atoms in total. The van der Waals surface area contributed by atoms with Crippen molar-refractivity contribution >= 4 is 33.8 Å². The Labute approximate surface area is 267 Å². The van der Waals surface area contributed by atoms with Crippen LogP contribution in [0, 0.1) is 10.8 Å². The molecule has 5 rings (SSSR count). The van der Waals surface area contributed by atoms with Crippen LogP contribution in [0.1, 0.15) is 52.7 Å². The molecular weight excluding hydrogens is 631 g/mol. The highest BCUT2D eigenvalue weighted by molar-refractivity contribution is 7.18. The van der Waals surface area contributed by atoms with E-state index >= 15 is 26.3 Å². The van der Waals surface area contributed by atoms with Gasteiger partial charge in [0.1, 0.15) is 0 Å². The Bertz CT molecular complexity index is 1570. The summed E-state index contributed by atoms with van der Waals surface area (Å²) in [5.41, 5.74) is -3.58. The van der Waals surface area contributed by atoms with E-state index in [9.17, 15) is 0 Å². The number of allylic oxidation sites excluding steroid dienone is 2. The van der Waals surface area contributed by atoms with E-state index in [1.54, 1.807) is 60.7 Å². The van der Waals surface area contributed by atoms with Gasteiger partial charge in [-0.3, -0.25) is 0 Å². The molecule has 0 saturated heterocycles. The molecule has 0 amide bonds. The van der Waals surface area contributed by atoms with Crippen LogP contribution in [0.5, 0.6) is 10.1 Å². The zero-order chi connectivity index (χ0) is 33.0. The minimum atomic E-state index is -5.73. The van der Waals surface area contributed by atoms with Gasteiger partial charge in [-0.05, 0) is 34.1 Å². The molecule has 2 heterocycles. The quantitative estimate of drug-likeness (QED) is 0.175. The molecular formula is C35H34F6O2S2. The lowest BCUT2D eigenvalue weighted by atomic mass is 9.95. The van der Waals surface area contributed by atoms with Gasteiger partial charge < -0.3 is 9.47 Å². The Morgan fingerprint density at radius 3 is 1.20 bits per heavy atom. The first-order valence-corrected chi connectivity index (χ1v) is 16.0. The molecule has 0 radical (unpaired) electrons. The van der Waals surface area contributed by atoms with Gasteiger partial charge in [0.25, 0.3) is 0 Å². The third kappa shape index (κ3) is 6.28. The number of hydrogen-bond acceptors (Lipinski definition) is 4. The lowest BCUT2D eigenvalue weighted by Crippen LogP contribution is -2.48. The Hall–Kier alpha value is -3.24. The monoisotopic (exact) mass is 664 g/mol. The van der Waals surface area contributed by atoms with E-state index in [0.29, 0.717) is 20.9 Å². The van der Waals surface area contributed by atoms with Crippen LogP contribution in [0.25, 0.3) is 32.0 Å². The normalized spacial score (nSPS) is 17.5. The number of thiophene rings is 2. The van der Waals surface area contributed by atoms with Crippen LogP contribution in [-0.4, -0.2) is 31.0 Å². The lowest BCUT2D eigenvalue weighted by Gasteiger charge is -2.26. The molecule has 45 heavy (non-hydrogen) atoms. The smallest absolute Gasteiger partial charge is 0.380 e. The number of benzene rings is 2. The second-order valence-electron chi connectivity index (χ2n) is 13.5. The molecule has 0 aliphatic heterocycles. The lowest BCUT2D eigenvalue weighted by molar-refractivity contribution is -0.254. The Balaban J connectivity index is 1.82. The molecule has 2 aromatic carbocycles. The third-order valence-electron chi connectivity index (χ3n) is 6.99. The summed E-state index contributed by atoms with van der Waals surface area (Å²) in [4.78, 5) is 0.824. The number of rotatable bonds is 8. The molecule has 0 spiro atoms. The van der Waals surface area contributed by atoms with Gasteiger partial charge in [0.05, 0.1) is 13.2 Å². The molecule has 1 aliphatic carbocycles. The van der Waals surface area contributed by atoms with Crippen LogP contribution in [0.2, 0.25) is 0 Å². The molecule has 4 aromatic rings. The summed E-state index contributed by atoms with van der Waals surface area (Å²) in [6.07, 6.45) is 0. The highest BCUT2D eigenvalue weighted by Gasteiger charge is 2.80. The molecule has 240 valence electrons.